The van der Waals surface area contributed by atoms with Gasteiger partial charge in [-0.2, -0.15) is 5.10 Å². The lowest BCUT2D eigenvalue weighted by Gasteiger charge is -2.08. The van der Waals surface area contributed by atoms with E-state index in [-0.39, 0.29) is 22.5 Å². The van der Waals surface area contributed by atoms with Crippen LogP contribution in [0, 0.1) is 12.8 Å². The first-order valence-electron chi connectivity index (χ1n) is 7.74. The molecule has 1 aromatic heterocycles. The number of carbonyl (C=O) groups is 2. The van der Waals surface area contributed by atoms with E-state index in [4.69, 9.17) is 11.6 Å². The number of aryl methyl sites for hydroxylation is 1. The molecule has 0 aliphatic carbocycles. The minimum atomic E-state index is -0.478. The highest BCUT2D eigenvalue weighted by Gasteiger charge is 2.21. The fraction of sp³-hybridized carbons (Fsp3) is 0.353. The molecule has 1 aromatic carbocycles. The summed E-state index contributed by atoms with van der Waals surface area (Å²) in [4.78, 5) is 23.9. The molecule has 2 rings (SSSR count). The number of benzene rings is 1. The fourth-order valence-corrected chi connectivity index (χ4v) is 2.60. The Hall–Kier alpha value is -2.34. The smallest absolute Gasteiger partial charge is 0.273 e. The van der Waals surface area contributed by atoms with Gasteiger partial charge < -0.3 is 0 Å². The molecule has 0 fully saturated rings. The molecule has 0 atom stereocenters. The van der Waals surface area contributed by atoms with Gasteiger partial charge in [-0.1, -0.05) is 55.8 Å². The van der Waals surface area contributed by atoms with Gasteiger partial charge in [0.05, 0.1) is 12.2 Å². The van der Waals surface area contributed by atoms with Crippen LogP contribution in [-0.2, 0) is 11.3 Å². The third-order valence-corrected chi connectivity index (χ3v) is 3.76. The van der Waals surface area contributed by atoms with E-state index in [1.54, 1.807) is 11.6 Å². The molecule has 1 heterocycles. The maximum absolute atomic E-state index is 12.3. The topological polar surface area (TPSA) is 76.0 Å². The summed E-state index contributed by atoms with van der Waals surface area (Å²) in [6.07, 6.45) is 0.334. The molecule has 0 saturated carbocycles. The molecule has 0 aliphatic rings. The molecule has 0 unspecified atom stereocenters. The lowest BCUT2D eigenvalue weighted by molar-refractivity contribution is -0.122. The fourth-order valence-electron chi connectivity index (χ4n) is 2.28. The zero-order valence-corrected chi connectivity index (χ0v) is 14.7. The Morgan fingerprint density at radius 1 is 1.21 bits per heavy atom. The summed E-state index contributed by atoms with van der Waals surface area (Å²) >= 11 is 6.30. The Morgan fingerprint density at radius 2 is 1.88 bits per heavy atom. The molecule has 2 amide bonds. The van der Waals surface area contributed by atoms with Crippen molar-refractivity contribution in [2.24, 2.45) is 5.92 Å². The van der Waals surface area contributed by atoms with E-state index in [9.17, 15) is 9.59 Å². The highest BCUT2D eigenvalue weighted by atomic mass is 35.5. The first-order valence-corrected chi connectivity index (χ1v) is 8.12. The first kappa shape index (κ1) is 18.0. The monoisotopic (exact) mass is 348 g/mol. The lowest BCUT2D eigenvalue weighted by Crippen LogP contribution is -2.42. The van der Waals surface area contributed by atoms with E-state index in [1.807, 2.05) is 44.2 Å². The van der Waals surface area contributed by atoms with Gasteiger partial charge in [-0.05, 0) is 18.4 Å². The van der Waals surface area contributed by atoms with Crippen molar-refractivity contribution in [2.45, 2.75) is 33.7 Å². The van der Waals surface area contributed by atoms with Gasteiger partial charge in [-0.3, -0.25) is 20.4 Å². The molecule has 2 N–H and O–H groups in total. The highest BCUT2D eigenvalue weighted by molar-refractivity contribution is 6.33. The molecule has 0 bridgehead atoms. The average molecular weight is 349 g/mol. The molecule has 128 valence electrons. The molecule has 0 spiro atoms. The van der Waals surface area contributed by atoms with Crippen molar-refractivity contribution in [3.05, 3.63) is 52.3 Å². The Bertz CT molecular complexity index is 726. The van der Waals surface area contributed by atoms with Crippen LogP contribution in [0.15, 0.2) is 30.3 Å². The van der Waals surface area contributed by atoms with Crippen molar-refractivity contribution >= 4 is 23.4 Å². The highest BCUT2D eigenvalue weighted by Crippen LogP contribution is 2.20. The van der Waals surface area contributed by atoms with Crippen LogP contribution < -0.4 is 10.9 Å². The van der Waals surface area contributed by atoms with E-state index in [1.165, 1.54) is 0 Å². The zero-order chi connectivity index (χ0) is 17.7. The van der Waals surface area contributed by atoms with E-state index in [0.29, 0.717) is 18.7 Å². The summed E-state index contributed by atoms with van der Waals surface area (Å²) in [6, 6.07) is 9.70. The van der Waals surface area contributed by atoms with Crippen molar-refractivity contribution < 1.29 is 9.59 Å². The van der Waals surface area contributed by atoms with E-state index >= 15 is 0 Å². The quantitative estimate of drug-likeness (QED) is 0.816. The van der Waals surface area contributed by atoms with Gasteiger partial charge >= 0.3 is 0 Å². The first-order chi connectivity index (χ1) is 11.4. The van der Waals surface area contributed by atoms with Crippen LogP contribution in [0.2, 0.25) is 5.15 Å². The van der Waals surface area contributed by atoms with Gasteiger partial charge in [-0.25, -0.2) is 4.68 Å². The summed E-state index contributed by atoms with van der Waals surface area (Å²) in [7, 11) is 0. The maximum atomic E-state index is 12.3. The van der Waals surface area contributed by atoms with Crippen LogP contribution >= 0.6 is 11.6 Å². The van der Waals surface area contributed by atoms with Crippen LogP contribution in [-0.4, -0.2) is 21.6 Å². The van der Waals surface area contributed by atoms with Crippen molar-refractivity contribution in [3.63, 3.8) is 0 Å². The molecule has 6 nitrogen and oxygen atoms in total. The number of nitrogens with zero attached hydrogens (tertiary/aromatic N) is 2. The summed E-state index contributed by atoms with van der Waals surface area (Å²) in [5.41, 5.74) is 6.57. The molecule has 7 heteroatoms. The summed E-state index contributed by atoms with van der Waals surface area (Å²) in [6.45, 7) is 6.03. The van der Waals surface area contributed by atoms with Gasteiger partial charge in [-0.15, -0.1) is 0 Å². The molecule has 2 aromatic rings. The van der Waals surface area contributed by atoms with Crippen molar-refractivity contribution in [3.8, 4) is 0 Å². The maximum Gasteiger partial charge on any atom is 0.274 e. The number of hydrogen-bond acceptors (Lipinski definition) is 3. The van der Waals surface area contributed by atoms with E-state index in [0.717, 1.165) is 5.56 Å². The SMILES string of the molecule is Cc1nn(Cc2ccccc2)c(Cl)c1C(=O)NNC(=O)CC(C)C. The van der Waals surface area contributed by atoms with Crippen LogP contribution in [0.3, 0.4) is 0 Å². The number of carbonyl (C=O) groups excluding carboxylic acids is 2. The van der Waals surface area contributed by atoms with Crippen LogP contribution in [0.1, 0.15) is 41.9 Å². The second-order valence-electron chi connectivity index (χ2n) is 5.99. The molecule has 0 aliphatic heterocycles. The number of aromatic nitrogens is 2. The van der Waals surface area contributed by atoms with Gasteiger partial charge in [0, 0.05) is 6.42 Å². The van der Waals surface area contributed by atoms with Crippen LogP contribution in [0.4, 0.5) is 0 Å². The summed E-state index contributed by atoms with van der Waals surface area (Å²) < 4.78 is 1.57. The number of rotatable bonds is 5. The third kappa shape index (κ3) is 4.58. The minimum absolute atomic E-state index is 0.209. The van der Waals surface area contributed by atoms with Crippen molar-refractivity contribution in [1.82, 2.24) is 20.6 Å². The second kappa shape index (κ2) is 7.97. The summed E-state index contributed by atoms with van der Waals surface area (Å²) in [5, 5.41) is 4.56. The Morgan fingerprint density at radius 3 is 2.50 bits per heavy atom. The molecule has 0 radical (unpaired) electrons. The number of hydrogen-bond donors (Lipinski definition) is 2. The molecule has 0 saturated heterocycles. The van der Waals surface area contributed by atoms with E-state index < -0.39 is 5.91 Å². The Balaban J connectivity index is 2.08. The van der Waals surface area contributed by atoms with Crippen molar-refractivity contribution in [2.75, 3.05) is 0 Å². The lowest BCUT2D eigenvalue weighted by atomic mass is 10.1. The van der Waals surface area contributed by atoms with Gasteiger partial charge in [0.25, 0.3) is 5.91 Å². The molecular formula is C17H21ClN4O2. The molecule has 24 heavy (non-hydrogen) atoms. The predicted octanol–water partition coefficient (Wildman–Crippen LogP) is 2.70. The number of hydrazine groups is 1. The Kier molecular flexibility index (Phi) is 5.98. The van der Waals surface area contributed by atoms with Gasteiger partial charge in [0.2, 0.25) is 5.91 Å². The second-order valence-corrected chi connectivity index (χ2v) is 6.35. The number of nitrogens with one attached hydrogen (secondary N) is 2. The van der Waals surface area contributed by atoms with Gasteiger partial charge in [0.15, 0.2) is 0 Å². The number of halogens is 1. The third-order valence-electron chi connectivity index (χ3n) is 3.38. The largest absolute Gasteiger partial charge is 0.274 e. The summed E-state index contributed by atoms with van der Waals surface area (Å²) in [5.74, 6) is -0.515. The normalized spacial score (nSPS) is 10.7. The van der Waals surface area contributed by atoms with Crippen molar-refractivity contribution in [1.29, 1.82) is 0 Å². The zero-order valence-electron chi connectivity index (χ0n) is 14.0. The van der Waals surface area contributed by atoms with Crippen LogP contribution in [0.5, 0.6) is 0 Å². The van der Waals surface area contributed by atoms with E-state index in [2.05, 4.69) is 16.0 Å². The Labute approximate surface area is 146 Å². The van der Waals surface area contributed by atoms with Gasteiger partial charge in [0.1, 0.15) is 10.7 Å². The predicted molar refractivity (Wildman–Crippen MR) is 92.6 cm³/mol. The standard InChI is InChI=1S/C17H21ClN4O2/c1-11(2)9-14(23)19-20-17(24)15-12(3)21-22(16(15)18)10-13-7-5-4-6-8-13/h4-8,11H,9-10H2,1-3H3,(H,19,23)(H,20,24). The van der Waals surface area contributed by atoms with Crippen LogP contribution in [0.25, 0.3) is 0 Å². The average Bonchev–Trinajstić information content (AvgIpc) is 2.79. The molecular weight excluding hydrogens is 328 g/mol. The minimum Gasteiger partial charge on any atom is -0.273 e. The number of amides is 2.